The minimum Gasteiger partial charge on any atom is -0.497 e. The van der Waals surface area contributed by atoms with Gasteiger partial charge < -0.3 is 24.9 Å². The number of aliphatic hydroxyl groups is 1. The number of hydrogen-bond acceptors (Lipinski definition) is 7. The molecule has 1 atom stereocenters. The number of halogens is 1. The number of rotatable bonds is 10. The molecular weight excluding hydrogens is 511 g/mol. The van der Waals surface area contributed by atoms with Crippen LogP contribution in [-0.4, -0.2) is 50.9 Å². The maximum absolute atomic E-state index is 14.2. The molecule has 38 heavy (non-hydrogen) atoms. The Hall–Kier alpha value is -3.89. The lowest BCUT2D eigenvalue weighted by Crippen LogP contribution is -2.22. The fraction of sp³-hybridized carbons (Fsp3) is 0.250. The second-order valence-corrected chi connectivity index (χ2v) is 11.1. The number of benzene rings is 3. The van der Waals surface area contributed by atoms with E-state index in [0.29, 0.717) is 22.2 Å². The van der Waals surface area contributed by atoms with E-state index in [9.17, 15) is 22.7 Å². The van der Waals surface area contributed by atoms with E-state index >= 15 is 0 Å². The second kappa shape index (κ2) is 10.8. The molecule has 1 heterocycles. The number of aromatic nitrogens is 1. The van der Waals surface area contributed by atoms with Crippen molar-refractivity contribution in [1.82, 2.24) is 4.98 Å². The van der Waals surface area contributed by atoms with Crippen LogP contribution in [0.25, 0.3) is 10.9 Å². The SMILES string of the molecule is COc1cc(NC(C(=O)c2c[nH]c3cc(C)c(C)cc23)c2ccc(F)cc2OCCO)cc(S(C)(=O)=O)c1. The van der Waals surface area contributed by atoms with Gasteiger partial charge in [-0.25, -0.2) is 12.8 Å². The lowest BCUT2D eigenvalue weighted by molar-refractivity contribution is 0.0969. The smallest absolute Gasteiger partial charge is 0.191 e. The van der Waals surface area contributed by atoms with Crippen molar-refractivity contribution in [3.63, 3.8) is 0 Å². The first-order valence-electron chi connectivity index (χ1n) is 11.8. The minimum absolute atomic E-state index is 0.000367. The monoisotopic (exact) mass is 540 g/mol. The van der Waals surface area contributed by atoms with Gasteiger partial charge in [-0.15, -0.1) is 0 Å². The zero-order valence-electron chi connectivity index (χ0n) is 21.5. The van der Waals surface area contributed by atoms with E-state index in [4.69, 9.17) is 9.47 Å². The van der Waals surface area contributed by atoms with E-state index in [1.54, 1.807) is 12.3 Å². The Balaban J connectivity index is 1.89. The van der Waals surface area contributed by atoms with Crippen LogP contribution in [0, 0.1) is 19.7 Å². The molecular formula is C28H29FN2O6S. The van der Waals surface area contributed by atoms with E-state index < -0.39 is 21.7 Å². The number of fused-ring (bicyclic) bond motifs is 1. The topological polar surface area (TPSA) is 118 Å². The number of methoxy groups -OCH3 is 1. The molecule has 0 saturated carbocycles. The van der Waals surface area contributed by atoms with Crippen LogP contribution in [0.4, 0.5) is 10.1 Å². The summed E-state index contributed by atoms with van der Waals surface area (Å²) >= 11 is 0. The van der Waals surface area contributed by atoms with Crippen LogP contribution in [0.1, 0.15) is 33.1 Å². The van der Waals surface area contributed by atoms with E-state index in [2.05, 4.69) is 10.3 Å². The summed E-state index contributed by atoms with van der Waals surface area (Å²) in [6, 6.07) is 10.9. The number of aryl methyl sites for hydroxylation is 2. The van der Waals surface area contributed by atoms with Gasteiger partial charge in [0.15, 0.2) is 15.6 Å². The van der Waals surface area contributed by atoms with Crippen LogP contribution in [0.2, 0.25) is 0 Å². The van der Waals surface area contributed by atoms with Gasteiger partial charge in [-0.1, -0.05) is 0 Å². The molecule has 0 saturated heterocycles. The first-order chi connectivity index (χ1) is 18.0. The molecule has 4 rings (SSSR count). The lowest BCUT2D eigenvalue weighted by atomic mass is 9.94. The Labute approximate surface area is 220 Å². The first-order valence-corrected chi connectivity index (χ1v) is 13.7. The number of carbonyl (C=O) groups is 1. The van der Waals surface area contributed by atoms with Crippen molar-refractivity contribution in [2.45, 2.75) is 24.8 Å². The maximum atomic E-state index is 14.2. The Kier molecular flexibility index (Phi) is 7.75. The number of ketones is 1. The number of aliphatic hydroxyl groups excluding tert-OH is 1. The van der Waals surface area contributed by atoms with Crippen molar-refractivity contribution in [3.8, 4) is 11.5 Å². The average molecular weight is 541 g/mol. The van der Waals surface area contributed by atoms with Gasteiger partial charge in [-0.3, -0.25) is 4.79 Å². The highest BCUT2D eigenvalue weighted by Crippen LogP contribution is 2.35. The molecule has 3 aromatic carbocycles. The summed E-state index contributed by atoms with van der Waals surface area (Å²) in [4.78, 5) is 17.3. The number of Topliss-reactive ketones (excluding diaryl/α,β-unsaturated/α-hetero) is 1. The zero-order chi connectivity index (χ0) is 27.6. The van der Waals surface area contributed by atoms with Crippen LogP contribution in [0.3, 0.4) is 0 Å². The molecule has 4 aromatic rings. The summed E-state index contributed by atoms with van der Waals surface area (Å²) in [5, 5.41) is 13.1. The third kappa shape index (κ3) is 5.66. The third-order valence-corrected chi connectivity index (χ3v) is 7.41. The Morgan fingerprint density at radius 2 is 1.84 bits per heavy atom. The van der Waals surface area contributed by atoms with Gasteiger partial charge in [0.2, 0.25) is 0 Å². The maximum Gasteiger partial charge on any atom is 0.191 e. The van der Waals surface area contributed by atoms with Crippen molar-refractivity contribution >= 4 is 32.2 Å². The predicted molar refractivity (Wildman–Crippen MR) is 144 cm³/mol. The molecule has 200 valence electrons. The molecule has 0 radical (unpaired) electrons. The molecule has 3 N–H and O–H groups in total. The molecule has 1 unspecified atom stereocenters. The zero-order valence-corrected chi connectivity index (χ0v) is 22.3. The molecule has 0 amide bonds. The van der Waals surface area contributed by atoms with E-state index in [-0.39, 0.29) is 35.4 Å². The van der Waals surface area contributed by atoms with Crippen molar-refractivity contribution in [2.75, 3.05) is 31.9 Å². The number of anilines is 1. The van der Waals surface area contributed by atoms with Crippen molar-refractivity contribution < 1.29 is 32.2 Å². The van der Waals surface area contributed by atoms with Crippen LogP contribution in [-0.2, 0) is 9.84 Å². The summed E-state index contributed by atoms with van der Waals surface area (Å²) in [5.74, 6) is -0.589. The number of H-pyrrole nitrogens is 1. The molecule has 1 aromatic heterocycles. The van der Waals surface area contributed by atoms with Crippen LogP contribution < -0.4 is 14.8 Å². The number of hydrogen-bond donors (Lipinski definition) is 3. The molecule has 0 aliphatic carbocycles. The summed E-state index contributed by atoms with van der Waals surface area (Å²) in [7, 11) is -2.19. The Bertz CT molecular complexity index is 1610. The van der Waals surface area contributed by atoms with Gasteiger partial charge >= 0.3 is 0 Å². The first kappa shape index (κ1) is 27.2. The predicted octanol–water partition coefficient (Wildman–Crippen LogP) is 4.74. The molecule has 0 aliphatic rings. The van der Waals surface area contributed by atoms with Gasteiger partial charge in [-0.2, -0.15) is 0 Å². The fourth-order valence-electron chi connectivity index (χ4n) is 4.21. The Morgan fingerprint density at radius 3 is 2.53 bits per heavy atom. The highest BCUT2D eigenvalue weighted by molar-refractivity contribution is 7.90. The summed E-state index contributed by atoms with van der Waals surface area (Å²) in [5.41, 5.74) is 3.86. The number of nitrogens with one attached hydrogen (secondary N) is 2. The van der Waals surface area contributed by atoms with Gasteiger partial charge in [0.25, 0.3) is 0 Å². The standard InChI is InChI=1S/C28H29FN2O6S/c1-16-9-23-24(15-30-25(23)10-17(16)2)28(33)27(22-6-5-18(29)11-26(22)37-8-7-32)31-19-12-20(36-3)14-21(13-19)38(4,34)35/h5-6,9-15,27,30-32H,7-8H2,1-4H3. The highest BCUT2D eigenvalue weighted by atomic mass is 32.2. The van der Waals surface area contributed by atoms with Crippen LogP contribution in [0.15, 0.2) is 59.6 Å². The van der Waals surface area contributed by atoms with Crippen molar-refractivity contribution in [2.24, 2.45) is 0 Å². The number of aromatic amines is 1. The van der Waals surface area contributed by atoms with Crippen LogP contribution >= 0.6 is 0 Å². The molecule has 0 fully saturated rings. The summed E-state index contributed by atoms with van der Waals surface area (Å²) < 4.78 is 49.7. The molecule has 0 spiro atoms. The van der Waals surface area contributed by atoms with E-state index in [0.717, 1.165) is 29.0 Å². The number of sulfone groups is 1. The largest absolute Gasteiger partial charge is 0.497 e. The van der Waals surface area contributed by atoms with Gasteiger partial charge in [-0.05, 0) is 61.4 Å². The lowest BCUT2D eigenvalue weighted by Gasteiger charge is -2.23. The highest BCUT2D eigenvalue weighted by Gasteiger charge is 2.28. The van der Waals surface area contributed by atoms with Gasteiger partial charge in [0.1, 0.15) is 30.0 Å². The van der Waals surface area contributed by atoms with Crippen LogP contribution in [0.5, 0.6) is 11.5 Å². The van der Waals surface area contributed by atoms with E-state index in [1.165, 1.54) is 31.4 Å². The van der Waals surface area contributed by atoms with Gasteiger partial charge in [0, 0.05) is 52.3 Å². The summed E-state index contributed by atoms with van der Waals surface area (Å²) in [6.07, 6.45) is 2.69. The van der Waals surface area contributed by atoms with Crippen molar-refractivity contribution in [3.05, 3.63) is 82.8 Å². The molecule has 0 bridgehead atoms. The quantitative estimate of drug-likeness (QED) is 0.249. The number of ether oxygens (including phenoxy) is 2. The second-order valence-electron chi connectivity index (χ2n) is 9.05. The normalized spacial score (nSPS) is 12.4. The minimum atomic E-state index is -3.60. The third-order valence-electron chi connectivity index (χ3n) is 6.31. The van der Waals surface area contributed by atoms with E-state index in [1.807, 2.05) is 26.0 Å². The summed E-state index contributed by atoms with van der Waals surface area (Å²) in [6.45, 7) is 3.51. The molecule has 8 nitrogen and oxygen atoms in total. The Morgan fingerprint density at radius 1 is 1.11 bits per heavy atom. The fourth-order valence-corrected chi connectivity index (χ4v) is 4.88. The van der Waals surface area contributed by atoms with Gasteiger partial charge in [0.05, 0.1) is 18.6 Å². The van der Waals surface area contributed by atoms with Crippen molar-refractivity contribution in [1.29, 1.82) is 0 Å². The average Bonchev–Trinajstić information content (AvgIpc) is 3.27. The molecule has 10 heteroatoms. The molecule has 0 aliphatic heterocycles. The number of carbonyl (C=O) groups excluding carboxylic acids is 1.